The van der Waals surface area contributed by atoms with Gasteiger partial charge in [-0.3, -0.25) is 0 Å². The molecule has 4 nitrogen and oxygen atoms in total. The molecule has 0 bridgehead atoms. The zero-order valence-corrected chi connectivity index (χ0v) is 8.17. The van der Waals surface area contributed by atoms with E-state index in [0.717, 1.165) is 18.9 Å². The molecule has 1 aliphatic rings. The van der Waals surface area contributed by atoms with E-state index in [1.54, 1.807) is 0 Å². The zero-order valence-electron chi connectivity index (χ0n) is 8.17. The number of hydrogen-bond acceptors (Lipinski definition) is 4. The molecule has 0 saturated carbocycles. The van der Waals surface area contributed by atoms with Crippen LogP contribution in [0.3, 0.4) is 0 Å². The highest BCUT2D eigenvalue weighted by Crippen LogP contribution is 2.31. The van der Waals surface area contributed by atoms with Crippen molar-refractivity contribution >= 4 is 11.6 Å². The molecule has 0 amide bonds. The van der Waals surface area contributed by atoms with Crippen molar-refractivity contribution in [1.29, 1.82) is 0 Å². The van der Waals surface area contributed by atoms with Crippen LogP contribution in [0.2, 0.25) is 0 Å². The molecule has 3 rings (SSSR count). The van der Waals surface area contributed by atoms with Crippen LogP contribution in [0, 0.1) is 0 Å². The van der Waals surface area contributed by atoms with Gasteiger partial charge >= 0.3 is 0 Å². The highest BCUT2D eigenvalue weighted by molar-refractivity contribution is 5.65. The van der Waals surface area contributed by atoms with E-state index in [0.29, 0.717) is 0 Å². The molecule has 0 saturated heterocycles. The van der Waals surface area contributed by atoms with Crippen molar-refractivity contribution in [3.8, 4) is 0 Å². The summed E-state index contributed by atoms with van der Waals surface area (Å²) in [6.45, 7) is 0.948. The van der Waals surface area contributed by atoms with E-state index in [4.69, 9.17) is 0 Å². The van der Waals surface area contributed by atoms with Crippen LogP contribution in [0.1, 0.15) is 5.56 Å². The van der Waals surface area contributed by atoms with Gasteiger partial charge in [0.05, 0.1) is 0 Å². The van der Waals surface area contributed by atoms with Gasteiger partial charge in [0.25, 0.3) is 0 Å². The van der Waals surface area contributed by atoms with Crippen LogP contribution in [0.15, 0.2) is 36.9 Å². The van der Waals surface area contributed by atoms with Gasteiger partial charge in [-0.2, -0.15) is 0 Å². The molecule has 2 aromatic rings. The van der Waals surface area contributed by atoms with Crippen LogP contribution in [0.4, 0.5) is 11.6 Å². The molecule has 1 aromatic carbocycles. The first-order chi connectivity index (χ1) is 7.45. The Morgan fingerprint density at radius 3 is 2.73 bits per heavy atom. The molecule has 4 heteroatoms. The summed E-state index contributed by atoms with van der Waals surface area (Å²) in [7, 11) is 0. The summed E-state index contributed by atoms with van der Waals surface area (Å²) < 4.78 is 0. The topological polar surface area (TPSA) is 41.9 Å². The number of benzene rings is 1. The normalized spacial score (nSPS) is 14.0. The Labute approximate surface area is 87.6 Å². The van der Waals surface area contributed by atoms with E-state index >= 15 is 0 Å². The minimum atomic E-state index is 0.731. The van der Waals surface area contributed by atoms with Gasteiger partial charge in [0.15, 0.2) is 0 Å². The summed E-state index contributed by atoms with van der Waals surface area (Å²) in [5, 5.41) is 0. The Kier molecular flexibility index (Phi) is 1.84. The maximum Gasteiger partial charge on any atom is 0.232 e. The maximum absolute atomic E-state index is 4.16. The molecule has 0 spiro atoms. The van der Waals surface area contributed by atoms with Gasteiger partial charge in [0.1, 0.15) is 12.7 Å². The van der Waals surface area contributed by atoms with E-state index < -0.39 is 0 Å². The third-order valence-corrected chi connectivity index (χ3v) is 2.61. The molecule has 1 aliphatic heterocycles. The van der Waals surface area contributed by atoms with Gasteiger partial charge in [-0.25, -0.2) is 15.0 Å². The fourth-order valence-corrected chi connectivity index (χ4v) is 1.92. The van der Waals surface area contributed by atoms with Gasteiger partial charge in [0, 0.05) is 12.2 Å². The monoisotopic (exact) mass is 198 g/mol. The van der Waals surface area contributed by atoms with Crippen molar-refractivity contribution in [2.24, 2.45) is 0 Å². The van der Waals surface area contributed by atoms with Crippen molar-refractivity contribution in [2.75, 3.05) is 11.4 Å². The molecule has 0 aliphatic carbocycles. The minimum absolute atomic E-state index is 0.731. The van der Waals surface area contributed by atoms with Crippen LogP contribution >= 0.6 is 0 Å². The lowest BCUT2D eigenvalue weighted by atomic mass is 10.2. The molecular weight excluding hydrogens is 188 g/mol. The van der Waals surface area contributed by atoms with Crippen molar-refractivity contribution in [2.45, 2.75) is 6.42 Å². The van der Waals surface area contributed by atoms with E-state index in [-0.39, 0.29) is 0 Å². The number of nitrogens with zero attached hydrogens (tertiary/aromatic N) is 4. The molecule has 0 atom stereocenters. The Hall–Kier alpha value is -1.97. The smallest absolute Gasteiger partial charge is 0.232 e. The van der Waals surface area contributed by atoms with Crippen molar-refractivity contribution in [3.63, 3.8) is 0 Å². The van der Waals surface area contributed by atoms with Crippen LogP contribution in [0.5, 0.6) is 0 Å². The quantitative estimate of drug-likeness (QED) is 0.697. The van der Waals surface area contributed by atoms with E-state index in [2.05, 4.69) is 38.1 Å². The summed E-state index contributed by atoms with van der Waals surface area (Å²) in [6, 6.07) is 8.36. The fraction of sp³-hybridized carbons (Fsp3) is 0.182. The lowest BCUT2D eigenvalue weighted by molar-refractivity contribution is 0.917. The van der Waals surface area contributed by atoms with E-state index in [1.807, 2.05) is 6.07 Å². The van der Waals surface area contributed by atoms with Gasteiger partial charge < -0.3 is 4.90 Å². The SMILES string of the molecule is c1ccc2c(c1)CCN2c1ncncn1. The largest absolute Gasteiger partial charge is 0.310 e. The van der Waals surface area contributed by atoms with Gasteiger partial charge in [-0.15, -0.1) is 0 Å². The first kappa shape index (κ1) is 8.35. The van der Waals surface area contributed by atoms with Crippen molar-refractivity contribution < 1.29 is 0 Å². The first-order valence-corrected chi connectivity index (χ1v) is 4.92. The third kappa shape index (κ3) is 1.34. The standard InChI is InChI=1S/C11H10N4/c1-2-4-10-9(3-1)5-6-15(10)11-13-7-12-8-14-11/h1-4,7-8H,5-6H2. The van der Waals surface area contributed by atoms with Gasteiger partial charge in [-0.1, -0.05) is 18.2 Å². The van der Waals surface area contributed by atoms with Crippen LogP contribution in [0.25, 0.3) is 0 Å². The number of anilines is 2. The Morgan fingerprint density at radius 1 is 1.07 bits per heavy atom. The average Bonchev–Trinajstić information content (AvgIpc) is 2.74. The molecule has 2 heterocycles. The van der Waals surface area contributed by atoms with Crippen molar-refractivity contribution in [1.82, 2.24) is 15.0 Å². The molecule has 1 aromatic heterocycles. The number of para-hydroxylation sites is 1. The van der Waals surface area contributed by atoms with Crippen LogP contribution in [-0.2, 0) is 6.42 Å². The first-order valence-electron chi connectivity index (χ1n) is 4.92. The van der Waals surface area contributed by atoms with Crippen LogP contribution < -0.4 is 4.90 Å². The average molecular weight is 198 g/mol. The van der Waals surface area contributed by atoms with Crippen molar-refractivity contribution in [3.05, 3.63) is 42.5 Å². The van der Waals surface area contributed by atoms with E-state index in [9.17, 15) is 0 Å². The summed E-state index contributed by atoms with van der Waals surface area (Å²) in [5.41, 5.74) is 2.57. The predicted molar refractivity (Wildman–Crippen MR) is 57.0 cm³/mol. The summed E-state index contributed by atoms with van der Waals surface area (Å²) in [5.74, 6) is 0.731. The number of hydrogen-bond donors (Lipinski definition) is 0. The molecule has 74 valence electrons. The predicted octanol–water partition coefficient (Wildman–Crippen LogP) is 1.57. The molecule has 0 N–H and O–H groups in total. The second-order valence-electron chi connectivity index (χ2n) is 3.47. The number of aromatic nitrogens is 3. The lowest BCUT2D eigenvalue weighted by Crippen LogP contribution is -2.16. The second kappa shape index (κ2) is 3.31. The molecule has 0 unspecified atom stereocenters. The third-order valence-electron chi connectivity index (χ3n) is 2.61. The Morgan fingerprint density at radius 2 is 1.87 bits per heavy atom. The van der Waals surface area contributed by atoms with Gasteiger partial charge in [0.2, 0.25) is 5.95 Å². The molecule has 15 heavy (non-hydrogen) atoms. The highest BCUT2D eigenvalue weighted by Gasteiger charge is 2.21. The Bertz CT molecular complexity index is 469. The van der Waals surface area contributed by atoms with E-state index in [1.165, 1.54) is 23.9 Å². The molecule has 0 fully saturated rings. The number of rotatable bonds is 1. The zero-order chi connectivity index (χ0) is 10.1. The second-order valence-corrected chi connectivity index (χ2v) is 3.47. The minimum Gasteiger partial charge on any atom is -0.310 e. The van der Waals surface area contributed by atoms with Crippen LogP contribution in [-0.4, -0.2) is 21.5 Å². The Balaban J connectivity index is 2.05. The lowest BCUT2D eigenvalue weighted by Gasteiger charge is -2.15. The maximum atomic E-state index is 4.16. The summed E-state index contributed by atoms with van der Waals surface area (Å²) in [4.78, 5) is 14.3. The molecular formula is C11H10N4. The highest BCUT2D eigenvalue weighted by atomic mass is 15.3. The number of fused-ring (bicyclic) bond motifs is 1. The molecule has 0 radical (unpaired) electrons. The summed E-state index contributed by atoms with van der Waals surface area (Å²) >= 11 is 0. The fourth-order valence-electron chi connectivity index (χ4n) is 1.92. The van der Waals surface area contributed by atoms with Gasteiger partial charge in [-0.05, 0) is 18.1 Å². The summed E-state index contributed by atoms with van der Waals surface area (Å²) in [6.07, 6.45) is 4.12.